The Balaban J connectivity index is 1.85. The number of halogens is 1. The number of nitrogens with zero attached hydrogens (tertiary/aromatic N) is 3. The van der Waals surface area contributed by atoms with Crippen LogP contribution in [0.25, 0.3) is 16.9 Å². The van der Waals surface area contributed by atoms with Gasteiger partial charge in [0.15, 0.2) is 0 Å². The minimum atomic E-state index is -0.237. The highest BCUT2D eigenvalue weighted by Gasteiger charge is 2.19. The number of piperazine rings is 1. The standard InChI is InChI=1S/C20H23FN4/c1-14-3-5-17(15(2)11-14)20-18(13-24-9-7-22-8-10-24)25-12-16(21)4-6-19(25)23-20/h3-6,11-12,22H,7-10,13H2,1-2H3. The first-order valence-corrected chi connectivity index (χ1v) is 8.79. The Kier molecular flexibility index (Phi) is 4.27. The van der Waals surface area contributed by atoms with E-state index in [-0.39, 0.29) is 5.82 Å². The molecule has 1 aromatic carbocycles. The van der Waals surface area contributed by atoms with Crippen LogP contribution in [0.2, 0.25) is 0 Å². The van der Waals surface area contributed by atoms with Crippen LogP contribution in [-0.2, 0) is 6.54 Å². The van der Waals surface area contributed by atoms with Crippen molar-refractivity contribution in [1.82, 2.24) is 19.6 Å². The average Bonchev–Trinajstić information content (AvgIpc) is 2.93. The molecule has 0 atom stereocenters. The molecule has 3 aromatic rings. The van der Waals surface area contributed by atoms with Crippen LogP contribution in [0.3, 0.4) is 0 Å². The summed E-state index contributed by atoms with van der Waals surface area (Å²) in [7, 11) is 0. The first-order chi connectivity index (χ1) is 12.1. The van der Waals surface area contributed by atoms with Gasteiger partial charge in [0, 0.05) is 44.5 Å². The van der Waals surface area contributed by atoms with Gasteiger partial charge in [0.1, 0.15) is 11.5 Å². The first-order valence-electron chi connectivity index (χ1n) is 8.79. The Morgan fingerprint density at radius 2 is 1.92 bits per heavy atom. The summed E-state index contributed by atoms with van der Waals surface area (Å²) in [5.74, 6) is -0.237. The Bertz CT molecular complexity index is 909. The molecule has 0 aliphatic carbocycles. The van der Waals surface area contributed by atoms with Gasteiger partial charge >= 0.3 is 0 Å². The molecule has 5 heteroatoms. The van der Waals surface area contributed by atoms with E-state index in [9.17, 15) is 4.39 Å². The highest BCUT2D eigenvalue weighted by molar-refractivity contribution is 5.70. The maximum Gasteiger partial charge on any atom is 0.139 e. The number of pyridine rings is 1. The van der Waals surface area contributed by atoms with E-state index in [1.807, 2.05) is 4.40 Å². The summed E-state index contributed by atoms with van der Waals surface area (Å²) < 4.78 is 15.8. The molecule has 1 saturated heterocycles. The number of hydrogen-bond acceptors (Lipinski definition) is 3. The molecule has 0 bridgehead atoms. The van der Waals surface area contributed by atoms with Gasteiger partial charge in [-0.3, -0.25) is 9.30 Å². The van der Waals surface area contributed by atoms with Crippen LogP contribution in [0.1, 0.15) is 16.8 Å². The van der Waals surface area contributed by atoms with Crippen molar-refractivity contribution in [2.24, 2.45) is 0 Å². The van der Waals surface area contributed by atoms with Crippen molar-refractivity contribution in [3.8, 4) is 11.3 Å². The molecule has 25 heavy (non-hydrogen) atoms. The number of imidazole rings is 1. The minimum absolute atomic E-state index is 0.237. The first kappa shape index (κ1) is 16.2. The fraction of sp³-hybridized carbons (Fsp3) is 0.350. The van der Waals surface area contributed by atoms with Crippen molar-refractivity contribution in [2.75, 3.05) is 26.2 Å². The maximum atomic E-state index is 13.9. The molecule has 1 fully saturated rings. The second kappa shape index (κ2) is 6.58. The van der Waals surface area contributed by atoms with Gasteiger partial charge in [0.05, 0.1) is 11.4 Å². The summed E-state index contributed by atoms with van der Waals surface area (Å²) >= 11 is 0. The predicted octanol–water partition coefficient (Wildman–Crippen LogP) is 3.16. The van der Waals surface area contributed by atoms with Crippen LogP contribution in [0, 0.1) is 19.7 Å². The Labute approximate surface area is 147 Å². The van der Waals surface area contributed by atoms with E-state index < -0.39 is 0 Å². The van der Waals surface area contributed by atoms with Gasteiger partial charge in [-0.2, -0.15) is 0 Å². The average molecular weight is 338 g/mol. The number of aryl methyl sites for hydroxylation is 2. The lowest BCUT2D eigenvalue weighted by Gasteiger charge is -2.27. The van der Waals surface area contributed by atoms with Crippen molar-refractivity contribution < 1.29 is 4.39 Å². The fourth-order valence-electron chi connectivity index (χ4n) is 3.59. The lowest BCUT2D eigenvalue weighted by atomic mass is 10.0. The summed E-state index contributed by atoms with van der Waals surface area (Å²) in [5.41, 5.74) is 6.37. The smallest absolute Gasteiger partial charge is 0.139 e. The van der Waals surface area contributed by atoms with Gasteiger partial charge < -0.3 is 5.32 Å². The zero-order valence-corrected chi connectivity index (χ0v) is 14.7. The molecule has 4 nitrogen and oxygen atoms in total. The zero-order valence-electron chi connectivity index (χ0n) is 14.7. The van der Waals surface area contributed by atoms with Crippen molar-refractivity contribution in [1.29, 1.82) is 0 Å². The van der Waals surface area contributed by atoms with Gasteiger partial charge in [-0.1, -0.05) is 23.8 Å². The van der Waals surface area contributed by atoms with Gasteiger partial charge in [-0.05, 0) is 31.5 Å². The molecule has 4 rings (SSSR count). The number of aromatic nitrogens is 2. The maximum absolute atomic E-state index is 13.9. The predicted molar refractivity (Wildman–Crippen MR) is 98.2 cm³/mol. The quantitative estimate of drug-likeness (QED) is 0.796. The largest absolute Gasteiger partial charge is 0.314 e. The lowest BCUT2D eigenvalue weighted by Crippen LogP contribution is -2.43. The molecule has 3 heterocycles. The highest BCUT2D eigenvalue weighted by atomic mass is 19.1. The summed E-state index contributed by atoms with van der Waals surface area (Å²) in [6, 6.07) is 9.65. The Hall–Kier alpha value is -2.24. The van der Waals surface area contributed by atoms with Crippen LogP contribution in [0.4, 0.5) is 4.39 Å². The molecule has 1 aliphatic heterocycles. The van der Waals surface area contributed by atoms with E-state index in [0.29, 0.717) is 0 Å². The van der Waals surface area contributed by atoms with Crippen molar-refractivity contribution in [2.45, 2.75) is 20.4 Å². The number of fused-ring (bicyclic) bond motifs is 1. The SMILES string of the molecule is Cc1ccc(-c2nc3ccc(F)cn3c2CN2CCNCC2)c(C)c1. The molecular formula is C20H23FN4. The van der Waals surface area contributed by atoms with E-state index in [1.165, 1.54) is 17.2 Å². The molecule has 0 unspecified atom stereocenters. The summed E-state index contributed by atoms with van der Waals surface area (Å²) in [5, 5.41) is 3.38. The molecule has 130 valence electrons. The van der Waals surface area contributed by atoms with E-state index >= 15 is 0 Å². The van der Waals surface area contributed by atoms with Crippen molar-refractivity contribution >= 4 is 5.65 Å². The number of benzene rings is 1. The lowest BCUT2D eigenvalue weighted by molar-refractivity contribution is 0.230. The van der Waals surface area contributed by atoms with Gasteiger partial charge in [0.25, 0.3) is 0 Å². The molecule has 2 aromatic heterocycles. The monoisotopic (exact) mass is 338 g/mol. The Morgan fingerprint density at radius 1 is 1.12 bits per heavy atom. The second-order valence-electron chi connectivity index (χ2n) is 6.83. The van der Waals surface area contributed by atoms with E-state index in [4.69, 9.17) is 4.98 Å². The third kappa shape index (κ3) is 3.17. The van der Waals surface area contributed by atoms with Crippen LogP contribution in [0.5, 0.6) is 0 Å². The van der Waals surface area contributed by atoms with Crippen LogP contribution in [-0.4, -0.2) is 40.5 Å². The van der Waals surface area contributed by atoms with Crippen molar-refractivity contribution in [3.63, 3.8) is 0 Å². The van der Waals surface area contributed by atoms with Gasteiger partial charge in [0.2, 0.25) is 0 Å². The van der Waals surface area contributed by atoms with Gasteiger partial charge in [-0.25, -0.2) is 9.37 Å². The second-order valence-corrected chi connectivity index (χ2v) is 6.83. The van der Waals surface area contributed by atoms with Gasteiger partial charge in [-0.15, -0.1) is 0 Å². The third-order valence-electron chi connectivity index (χ3n) is 4.90. The molecular weight excluding hydrogens is 315 g/mol. The van der Waals surface area contributed by atoms with Crippen LogP contribution >= 0.6 is 0 Å². The van der Waals surface area contributed by atoms with E-state index in [2.05, 4.69) is 42.3 Å². The molecule has 0 saturated carbocycles. The molecule has 1 aliphatic rings. The third-order valence-corrected chi connectivity index (χ3v) is 4.90. The summed E-state index contributed by atoms with van der Waals surface area (Å²) in [4.78, 5) is 7.23. The van der Waals surface area contributed by atoms with Crippen molar-refractivity contribution in [3.05, 3.63) is 59.2 Å². The topological polar surface area (TPSA) is 32.6 Å². The molecule has 0 spiro atoms. The summed E-state index contributed by atoms with van der Waals surface area (Å²) in [6.45, 7) is 8.95. The molecule has 0 amide bonds. The fourth-order valence-corrected chi connectivity index (χ4v) is 3.59. The molecule has 1 N–H and O–H groups in total. The number of rotatable bonds is 3. The van der Waals surface area contributed by atoms with E-state index in [1.54, 1.807) is 12.3 Å². The number of hydrogen-bond donors (Lipinski definition) is 1. The van der Waals surface area contributed by atoms with Crippen LogP contribution in [0.15, 0.2) is 36.5 Å². The Morgan fingerprint density at radius 3 is 2.68 bits per heavy atom. The summed E-state index contributed by atoms with van der Waals surface area (Å²) in [6.07, 6.45) is 1.55. The van der Waals surface area contributed by atoms with E-state index in [0.717, 1.165) is 55.3 Å². The highest BCUT2D eigenvalue weighted by Crippen LogP contribution is 2.29. The minimum Gasteiger partial charge on any atom is -0.314 e. The number of nitrogens with one attached hydrogen (secondary N) is 1. The zero-order chi connectivity index (χ0) is 17.4. The molecule has 0 radical (unpaired) electrons. The van der Waals surface area contributed by atoms with Crippen LogP contribution < -0.4 is 5.32 Å². The normalized spacial score (nSPS) is 15.8.